The second kappa shape index (κ2) is 11.0. The summed E-state index contributed by atoms with van der Waals surface area (Å²) in [6.07, 6.45) is 5.90. The van der Waals surface area contributed by atoms with E-state index < -0.39 is 23.3 Å². The number of benzene rings is 2. The number of phenolic OH excluding ortho intramolecular Hbond substituents is 1. The molecular formula is C33H33F3N6O2. The number of rotatable bonds is 8. The molecule has 0 saturated carbocycles. The van der Waals surface area contributed by atoms with Gasteiger partial charge in [-0.3, -0.25) is 14.6 Å². The maximum absolute atomic E-state index is 16.6. The Balaban J connectivity index is 1.35. The molecule has 1 N–H and O–H groups in total. The van der Waals surface area contributed by atoms with E-state index in [0.29, 0.717) is 59.6 Å². The average Bonchev–Trinajstić information content (AvgIpc) is 3.68. The molecule has 5 aromatic rings. The number of aryl methyl sites for hydroxylation is 4. The van der Waals surface area contributed by atoms with Crippen molar-refractivity contribution in [3.05, 3.63) is 71.3 Å². The Bertz CT molecular complexity index is 1900. The van der Waals surface area contributed by atoms with Gasteiger partial charge in [-0.05, 0) is 79.3 Å². The van der Waals surface area contributed by atoms with Gasteiger partial charge in [0.1, 0.15) is 35.6 Å². The van der Waals surface area contributed by atoms with Crippen LogP contribution in [0.5, 0.6) is 11.8 Å². The summed E-state index contributed by atoms with van der Waals surface area (Å²) in [6, 6.07) is 7.77. The predicted octanol–water partition coefficient (Wildman–Crippen LogP) is 5.87. The van der Waals surface area contributed by atoms with E-state index in [0.717, 1.165) is 25.1 Å². The first-order chi connectivity index (χ1) is 21.3. The highest BCUT2D eigenvalue weighted by Gasteiger charge is 2.49. The van der Waals surface area contributed by atoms with Crippen molar-refractivity contribution in [3.8, 4) is 23.0 Å². The van der Waals surface area contributed by atoms with Crippen molar-refractivity contribution in [2.75, 3.05) is 19.7 Å². The fourth-order valence-corrected chi connectivity index (χ4v) is 7.11. The van der Waals surface area contributed by atoms with Gasteiger partial charge in [0, 0.05) is 49.1 Å². The molecule has 0 bridgehead atoms. The number of halogens is 3. The molecule has 0 radical (unpaired) electrons. The minimum Gasteiger partial charge on any atom is -0.508 e. The average molecular weight is 603 g/mol. The van der Waals surface area contributed by atoms with Crippen molar-refractivity contribution in [2.24, 2.45) is 7.05 Å². The number of hydrogen-bond acceptors (Lipinski definition) is 7. The van der Waals surface area contributed by atoms with Crippen LogP contribution in [0.15, 0.2) is 42.7 Å². The van der Waals surface area contributed by atoms with E-state index in [1.807, 2.05) is 20.0 Å². The van der Waals surface area contributed by atoms with Gasteiger partial charge in [0.15, 0.2) is 5.82 Å². The summed E-state index contributed by atoms with van der Waals surface area (Å²) in [5.41, 5.74) is 1.75. The molecule has 0 spiro atoms. The van der Waals surface area contributed by atoms with E-state index in [-0.39, 0.29) is 35.1 Å². The van der Waals surface area contributed by atoms with Crippen LogP contribution in [0.1, 0.15) is 43.1 Å². The molecule has 11 heteroatoms. The first-order valence-corrected chi connectivity index (χ1v) is 15.0. The zero-order valence-corrected chi connectivity index (χ0v) is 24.7. The third-order valence-corrected chi connectivity index (χ3v) is 9.28. The highest BCUT2D eigenvalue weighted by Crippen LogP contribution is 2.41. The summed E-state index contributed by atoms with van der Waals surface area (Å²) in [6.45, 7) is 3.24. The molecule has 44 heavy (non-hydrogen) atoms. The van der Waals surface area contributed by atoms with Gasteiger partial charge in [-0.25, -0.2) is 13.2 Å². The van der Waals surface area contributed by atoms with E-state index in [1.165, 1.54) is 24.4 Å². The van der Waals surface area contributed by atoms with Crippen LogP contribution in [-0.4, -0.2) is 66.1 Å². The quantitative estimate of drug-likeness (QED) is 0.238. The molecule has 0 amide bonds. The van der Waals surface area contributed by atoms with Crippen molar-refractivity contribution in [3.63, 3.8) is 0 Å². The fourth-order valence-electron chi connectivity index (χ4n) is 7.11. The van der Waals surface area contributed by atoms with Crippen molar-refractivity contribution in [1.82, 2.24) is 29.6 Å². The van der Waals surface area contributed by atoms with E-state index in [2.05, 4.69) is 20.0 Å². The smallest absolute Gasteiger partial charge is 0.317 e. The summed E-state index contributed by atoms with van der Waals surface area (Å²) in [7, 11) is 1.86. The van der Waals surface area contributed by atoms with Gasteiger partial charge in [-0.2, -0.15) is 15.1 Å². The van der Waals surface area contributed by atoms with Crippen molar-refractivity contribution < 1.29 is 23.0 Å². The zero-order valence-electron chi connectivity index (χ0n) is 24.7. The highest BCUT2D eigenvalue weighted by molar-refractivity contribution is 6.01. The molecule has 5 heterocycles. The van der Waals surface area contributed by atoms with Gasteiger partial charge in [-0.15, -0.1) is 0 Å². The first-order valence-electron chi connectivity index (χ1n) is 15.0. The van der Waals surface area contributed by atoms with Gasteiger partial charge in [0.25, 0.3) is 0 Å². The minimum absolute atomic E-state index is 0.0122. The van der Waals surface area contributed by atoms with E-state index >= 15 is 4.39 Å². The number of ether oxygens (including phenoxy) is 1. The molecule has 2 atom stereocenters. The van der Waals surface area contributed by atoms with Crippen LogP contribution in [0.4, 0.5) is 13.2 Å². The van der Waals surface area contributed by atoms with Gasteiger partial charge in [0.2, 0.25) is 0 Å². The fraction of sp³-hybridized carbons (Fsp3) is 0.394. The lowest BCUT2D eigenvalue weighted by atomic mass is 9.94. The SMILES string of the molecule is CCc1c(F)ccc2cc(O)cc(-c3ncc4c(CCc5ccnn5C)nc(OC[C@@]56CCCN5C[C@H](F)C6)nc4c3F)c12. The first kappa shape index (κ1) is 28.5. The second-order valence-corrected chi connectivity index (χ2v) is 11.9. The molecule has 2 saturated heterocycles. The molecule has 2 fully saturated rings. The van der Waals surface area contributed by atoms with Crippen LogP contribution in [0.25, 0.3) is 32.9 Å². The highest BCUT2D eigenvalue weighted by atomic mass is 19.1. The topological polar surface area (TPSA) is 89.2 Å². The molecule has 7 rings (SSSR count). The largest absolute Gasteiger partial charge is 0.508 e. The number of aromatic nitrogens is 5. The lowest BCUT2D eigenvalue weighted by molar-refractivity contribution is 0.107. The maximum atomic E-state index is 16.6. The number of aromatic hydroxyl groups is 1. The Morgan fingerprint density at radius 2 is 2.00 bits per heavy atom. The monoisotopic (exact) mass is 602 g/mol. The molecule has 0 unspecified atom stereocenters. The number of phenols is 1. The molecule has 3 aromatic heterocycles. The molecule has 2 aliphatic heterocycles. The number of hydrogen-bond donors (Lipinski definition) is 1. The lowest BCUT2D eigenvalue weighted by Crippen LogP contribution is -2.43. The third kappa shape index (κ3) is 4.83. The Hall–Kier alpha value is -4.25. The summed E-state index contributed by atoms with van der Waals surface area (Å²) in [4.78, 5) is 15.9. The number of pyridine rings is 1. The van der Waals surface area contributed by atoms with Gasteiger partial charge < -0.3 is 9.84 Å². The number of fused-ring (bicyclic) bond motifs is 3. The summed E-state index contributed by atoms with van der Waals surface area (Å²) in [5, 5.41) is 16.2. The maximum Gasteiger partial charge on any atom is 0.317 e. The number of nitrogens with zero attached hydrogens (tertiary/aromatic N) is 6. The summed E-state index contributed by atoms with van der Waals surface area (Å²) < 4.78 is 53.9. The van der Waals surface area contributed by atoms with Crippen LogP contribution >= 0.6 is 0 Å². The van der Waals surface area contributed by atoms with E-state index in [1.54, 1.807) is 16.9 Å². The van der Waals surface area contributed by atoms with Gasteiger partial charge >= 0.3 is 6.01 Å². The second-order valence-electron chi connectivity index (χ2n) is 11.9. The Morgan fingerprint density at radius 1 is 1.14 bits per heavy atom. The van der Waals surface area contributed by atoms with Crippen molar-refractivity contribution >= 4 is 21.7 Å². The van der Waals surface area contributed by atoms with Crippen LogP contribution in [-0.2, 0) is 26.3 Å². The molecule has 2 aliphatic rings. The van der Waals surface area contributed by atoms with Crippen molar-refractivity contribution in [2.45, 2.75) is 57.2 Å². The van der Waals surface area contributed by atoms with Crippen LogP contribution in [0.2, 0.25) is 0 Å². The summed E-state index contributed by atoms with van der Waals surface area (Å²) in [5.74, 6) is -1.22. The standard InChI is InChI=1S/C33H33F3N6O2/c1-3-23-26(35)7-5-19-13-22(43)14-24(28(19)23)30-29(36)31-25(16-37-30)27(8-6-21-9-11-38-41(21)2)39-32(40-31)44-18-33-10-4-12-42(33)17-20(34)15-33/h5,7,9,11,13-14,16,20,43H,3-4,6,8,10,12,15,17-18H2,1-2H3/t20-,33+/m1/s1. The zero-order chi connectivity index (χ0) is 30.6. The van der Waals surface area contributed by atoms with Crippen LogP contribution in [0.3, 0.4) is 0 Å². The Morgan fingerprint density at radius 3 is 2.80 bits per heavy atom. The minimum atomic E-state index is -0.910. The number of alkyl halides is 1. The van der Waals surface area contributed by atoms with Crippen LogP contribution < -0.4 is 4.74 Å². The molecule has 0 aliphatic carbocycles. The third-order valence-electron chi connectivity index (χ3n) is 9.28. The van der Waals surface area contributed by atoms with Crippen LogP contribution in [0, 0.1) is 11.6 Å². The molecular weight excluding hydrogens is 569 g/mol. The summed E-state index contributed by atoms with van der Waals surface area (Å²) >= 11 is 0. The normalized spacial score (nSPS) is 20.2. The van der Waals surface area contributed by atoms with Gasteiger partial charge in [-0.1, -0.05) is 13.0 Å². The van der Waals surface area contributed by atoms with Gasteiger partial charge in [0.05, 0.1) is 11.2 Å². The molecule has 2 aromatic carbocycles. The predicted molar refractivity (Wildman–Crippen MR) is 160 cm³/mol. The van der Waals surface area contributed by atoms with E-state index in [4.69, 9.17) is 9.72 Å². The Labute approximate surface area is 252 Å². The molecule has 8 nitrogen and oxygen atoms in total. The molecule has 228 valence electrons. The van der Waals surface area contributed by atoms with E-state index in [9.17, 15) is 13.9 Å². The van der Waals surface area contributed by atoms with Crippen molar-refractivity contribution in [1.29, 1.82) is 0 Å². The Kier molecular flexibility index (Phi) is 7.15. The lowest BCUT2D eigenvalue weighted by Gasteiger charge is -2.30.